The highest BCUT2D eigenvalue weighted by Gasteiger charge is 2.15. The molecule has 23 heavy (non-hydrogen) atoms. The van der Waals surface area contributed by atoms with Gasteiger partial charge in [0.1, 0.15) is 11.6 Å². The first-order valence-corrected chi connectivity index (χ1v) is 8.43. The van der Waals surface area contributed by atoms with Crippen molar-refractivity contribution in [3.05, 3.63) is 47.7 Å². The van der Waals surface area contributed by atoms with Gasteiger partial charge in [0.15, 0.2) is 0 Å². The number of hydrogen-bond donors (Lipinski definition) is 2. The largest absolute Gasteiger partial charge is 0.387 e. The van der Waals surface area contributed by atoms with Gasteiger partial charge in [-0.25, -0.2) is 0 Å². The van der Waals surface area contributed by atoms with Crippen LogP contribution in [0, 0.1) is 11.3 Å². The zero-order chi connectivity index (χ0) is 16.5. The first-order valence-electron chi connectivity index (χ1n) is 8.43. The molecular formula is C19H25N3O. The number of nitriles is 1. The molecule has 1 fully saturated rings. The Kier molecular flexibility index (Phi) is 6.68. The highest BCUT2D eigenvalue weighted by Crippen LogP contribution is 2.17. The Morgan fingerprint density at radius 1 is 1.22 bits per heavy atom. The summed E-state index contributed by atoms with van der Waals surface area (Å²) >= 11 is 0. The first-order chi connectivity index (χ1) is 11.2. The van der Waals surface area contributed by atoms with E-state index in [4.69, 9.17) is 0 Å². The molecule has 0 heterocycles. The molecule has 1 unspecified atom stereocenters. The lowest BCUT2D eigenvalue weighted by Gasteiger charge is -2.16. The Labute approximate surface area is 138 Å². The number of benzene rings is 1. The van der Waals surface area contributed by atoms with Gasteiger partial charge in [0, 0.05) is 12.2 Å². The van der Waals surface area contributed by atoms with Crippen LogP contribution in [0.1, 0.15) is 57.1 Å². The van der Waals surface area contributed by atoms with Crippen LogP contribution in [0.4, 0.5) is 0 Å². The van der Waals surface area contributed by atoms with E-state index in [9.17, 15) is 10.1 Å². The quantitative estimate of drug-likeness (QED) is 0.496. The second-order valence-electron chi connectivity index (χ2n) is 6.13. The summed E-state index contributed by atoms with van der Waals surface area (Å²) in [5.41, 5.74) is 1.16. The fourth-order valence-corrected chi connectivity index (χ4v) is 2.90. The summed E-state index contributed by atoms with van der Waals surface area (Å²) in [6.07, 6.45) is 8.79. The molecule has 4 heteroatoms. The second-order valence-corrected chi connectivity index (χ2v) is 6.13. The average molecular weight is 311 g/mol. The molecule has 2 N–H and O–H groups in total. The number of nitrogens with zero attached hydrogens (tertiary/aromatic N) is 1. The van der Waals surface area contributed by atoms with Gasteiger partial charge in [-0.05, 0) is 25.3 Å². The van der Waals surface area contributed by atoms with E-state index in [0.717, 1.165) is 18.4 Å². The zero-order valence-corrected chi connectivity index (χ0v) is 13.7. The Balaban J connectivity index is 1.92. The van der Waals surface area contributed by atoms with Crippen molar-refractivity contribution in [1.29, 1.82) is 5.26 Å². The molecule has 4 nitrogen and oxygen atoms in total. The van der Waals surface area contributed by atoms with Crippen molar-refractivity contribution in [3.63, 3.8) is 0 Å². The molecule has 122 valence electrons. The highest BCUT2D eigenvalue weighted by atomic mass is 16.1. The maximum atomic E-state index is 12.3. The van der Waals surface area contributed by atoms with Gasteiger partial charge in [-0.1, -0.05) is 56.0 Å². The second kappa shape index (κ2) is 8.99. The van der Waals surface area contributed by atoms with E-state index in [1.807, 2.05) is 43.3 Å². The predicted octanol–water partition coefficient (Wildman–Crippen LogP) is 3.58. The number of nitrogens with one attached hydrogen (secondary N) is 2. The van der Waals surface area contributed by atoms with Crippen LogP contribution in [0.2, 0.25) is 0 Å². The highest BCUT2D eigenvalue weighted by molar-refractivity contribution is 5.97. The van der Waals surface area contributed by atoms with E-state index in [0.29, 0.717) is 6.04 Å². The number of hydrogen-bond acceptors (Lipinski definition) is 3. The van der Waals surface area contributed by atoms with E-state index in [1.165, 1.54) is 25.7 Å². The van der Waals surface area contributed by atoms with Crippen molar-refractivity contribution >= 4 is 5.91 Å². The van der Waals surface area contributed by atoms with E-state index in [1.54, 1.807) is 6.20 Å². The number of carbonyl (C=O) groups is 1. The number of rotatable bonds is 5. The molecule has 0 aromatic heterocycles. The van der Waals surface area contributed by atoms with Gasteiger partial charge in [0.2, 0.25) is 0 Å². The van der Waals surface area contributed by atoms with Crippen LogP contribution in [-0.2, 0) is 4.79 Å². The summed E-state index contributed by atoms with van der Waals surface area (Å²) < 4.78 is 0. The minimum absolute atomic E-state index is 0.127. The lowest BCUT2D eigenvalue weighted by Crippen LogP contribution is -2.30. The minimum atomic E-state index is -0.329. The minimum Gasteiger partial charge on any atom is -0.387 e. The van der Waals surface area contributed by atoms with Crippen molar-refractivity contribution in [2.45, 2.75) is 57.5 Å². The third-order valence-corrected chi connectivity index (χ3v) is 4.33. The van der Waals surface area contributed by atoms with Crippen molar-refractivity contribution in [2.75, 3.05) is 0 Å². The fraction of sp³-hybridized carbons (Fsp3) is 0.474. The zero-order valence-electron chi connectivity index (χ0n) is 13.7. The van der Waals surface area contributed by atoms with Crippen molar-refractivity contribution in [3.8, 4) is 6.07 Å². The van der Waals surface area contributed by atoms with Crippen LogP contribution in [-0.4, -0.2) is 11.9 Å². The molecule has 1 atom stereocenters. The Morgan fingerprint density at radius 2 is 1.87 bits per heavy atom. The van der Waals surface area contributed by atoms with Crippen molar-refractivity contribution in [1.82, 2.24) is 10.6 Å². The van der Waals surface area contributed by atoms with E-state index >= 15 is 0 Å². The lowest BCUT2D eigenvalue weighted by molar-refractivity contribution is -0.117. The molecule has 1 aromatic rings. The molecule has 1 saturated carbocycles. The molecule has 1 amide bonds. The molecule has 1 aromatic carbocycles. The maximum absolute atomic E-state index is 12.3. The Bertz CT molecular complexity index is 566. The van der Waals surface area contributed by atoms with Crippen molar-refractivity contribution in [2.24, 2.45) is 0 Å². The summed E-state index contributed by atoms with van der Waals surface area (Å²) in [7, 11) is 0. The topological polar surface area (TPSA) is 64.9 Å². The summed E-state index contributed by atoms with van der Waals surface area (Å²) in [5.74, 6) is -0.329. The molecule has 0 saturated heterocycles. The Morgan fingerprint density at radius 3 is 2.48 bits per heavy atom. The molecule has 0 aliphatic heterocycles. The van der Waals surface area contributed by atoms with Gasteiger partial charge >= 0.3 is 0 Å². The molecule has 0 spiro atoms. The number of amides is 1. The molecule has 0 radical (unpaired) electrons. The van der Waals surface area contributed by atoms with Gasteiger partial charge in [-0.3, -0.25) is 4.79 Å². The molecular weight excluding hydrogens is 286 g/mol. The first kappa shape index (κ1) is 17.1. The molecule has 1 aliphatic carbocycles. The third kappa shape index (κ3) is 5.45. The summed E-state index contributed by atoms with van der Waals surface area (Å²) in [6, 6.07) is 12.0. The van der Waals surface area contributed by atoms with Crippen LogP contribution < -0.4 is 10.6 Å². The van der Waals surface area contributed by atoms with E-state index < -0.39 is 0 Å². The predicted molar refractivity (Wildman–Crippen MR) is 91.3 cm³/mol. The van der Waals surface area contributed by atoms with Crippen LogP contribution in [0.15, 0.2) is 42.1 Å². The van der Waals surface area contributed by atoms with Gasteiger partial charge in [0.05, 0.1) is 6.04 Å². The summed E-state index contributed by atoms with van der Waals surface area (Å²) in [6.45, 7) is 1.92. The van der Waals surface area contributed by atoms with Gasteiger partial charge < -0.3 is 10.6 Å². The number of carbonyl (C=O) groups excluding carboxylic acids is 1. The molecule has 0 bridgehead atoms. The third-order valence-electron chi connectivity index (χ3n) is 4.33. The summed E-state index contributed by atoms with van der Waals surface area (Å²) in [4.78, 5) is 12.3. The SMILES string of the molecule is CC(NC(=O)/C(C#N)=C\NC1CCCCCC1)c1ccccc1. The average Bonchev–Trinajstić information content (AvgIpc) is 2.85. The van der Waals surface area contributed by atoms with E-state index in [-0.39, 0.29) is 17.5 Å². The normalized spacial score (nSPS) is 17.7. The molecule has 2 rings (SSSR count). The van der Waals surface area contributed by atoms with Crippen LogP contribution >= 0.6 is 0 Å². The van der Waals surface area contributed by atoms with Gasteiger partial charge in [-0.15, -0.1) is 0 Å². The smallest absolute Gasteiger partial charge is 0.263 e. The Hall–Kier alpha value is -2.28. The van der Waals surface area contributed by atoms with E-state index in [2.05, 4.69) is 10.6 Å². The van der Waals surface area contributed by atoms with Crippen LogP contribution in [0.5, 0.6) is 0 Å². The monoisotopic (exact) mass is 311 g/mol. The van der Waals surface area contributed by atoms with Gasteiger partial charge in [0.25, 0.3) is 5.91 Å². The summed E-state index contributed by atoms with van der Waals surface area (Å²) in [5, 5.41) is 15.4. The van der Waals surface area contributed by atoms with Crippen molar-refractivity contribution < 1.29 is 4.79 Å². The maximum Gasteiger partial charge on any atom is 0.263 e. The van der Waals surface area contributed by atoms with Gasteiger partial charge in [-0.2, -0.15) is 5.26 Å². The fourth-order valence-electron chi connectivity index (χ4n) is 2.90. The molecule has 1 aliphatic rings. The van der Waals surface area contributed by atoms with Crippen LogP contribution in [0.3, 0.4) is 0 Å². The van der Waals surface area contributed by atoms with Crippen LogP contribution in [0.25, 0.3) is 0 Å². The lowest BCUT2D eigenvalue weighted by atomic mass is 10.1. The standard InChI is InChI=1S/C19H25N3O/c1-15(16-9-5-4-6-10-16)22-19(23)17(13-20)14-21-18-11-7-2-3-8-12-18/h4-6,9-10,14-15,18,21H,2-3,7-8,11-12H2,1H3,(H,22,23)/b17-14-.